The van der Waals surface area contributed by atoms with Crippen molar-refractivity contribution in [2.75, 3.05) is 6.26 Å². The largest absolute Gasteiger partial charge is 0.303 e. The lowest BCUT2D eigenvalue weighted by atomic mass is 10.3. The van der Waals surface area contributed by atoms with Crippen LogP contribution in [0, 0.1) is 0 Å². The summed E-state index contributed by atoms with van der Waals surface area (Å²) in [5, 5.41) is 0.498. The number of carbonyl (C=O) groups excluding carboxylic acids is 2. The molecule has 0 rings (SSSR count). The van der Waals surface area contributed by atoms with Crippen LogP contribution < -0.4 is 0 Å². The van der Waals surface area contributed by atoms with Gasteiger partial charge >= 0.3 is 0 Å². The first-order valence-corrected chi connectivity index (χ1v) is 6.06. The summed E-state index contributed by atoms with van der Waals surface area (Å²) in [5.74, 6) is 0. The maximum Gasteiger partial charge on any atom is 0.123 e. The van der Waals surface area contributed by atoms with E-state index in [1.54, 1.807) is 11.8 Å². The van der Waals surface area contributed by atoms with Crippen LogP contribution in [0.15, 0.2) is 12.2 Å². The Morgan fingerprint density at radius 1 is 1.21 bits per heavy atom. The minimum atomic E-state index is 0.498. The van der Waals surface area contributed by atoms with Crippen LogP contribution in [0.3, 0.4) is 0 Å². The Hall–Kier alpha value is -0.570. The SMILES string of the molecule is CCC=CCC=O.CSC(C)CC=O. The summed E-state index contributed by atoms with van der Waals surface area (Å²) in [4.78, 5) is 19.4. The highest BCUT2D eigenvalue weighted by atomic mass is 32.2. The molecule has 0 bridgehead atoms. The lowest BCUT2D eigenvalue weighted by Crippen LogP contribution is -1.93. The molecular formula is C11H20O2S. The molecule has 0 aliphatic rings. The van der Waals surface area contributed by atoms with Crippen molar-refractivity contribution < 1.29 is 9.59 Å². The van der Waals surface area contributed by atoms with Gasteiger partial charge in [0.1, 0.15) is 12.6 Å². The van der Waals surface area contributed by atoms with Crippen LogP contribution in [0.1, 0.15) is 33.1 Å². The summed E-state index contributed by atoms with van der Waals surface area (Å²) in [6.07, 6.45) is 9.98. The summed E-state index contributed by atoms with van der Waals surface area (Å²) in [6, 6.07) is 0. The third-order valence-corrected chi connectivity index (χ3v) is 2.46. The predicted octanol–water partition coefficient (Wildman–Crippen LogP) is 2.87. The van der Waals surface area contributed by atoms with Crippen molar-refractivity contribution in [1.82, 2.24) is 0 Å². The van der Waals surface area contributed by atoms with E-state index >= 15 is 0 Å². The van der Waals surface area contributed by atoms with Gasteiger partial charge < -0.3 is 9.59 Å². The van der Waals surface area contributed by atoms with Crippen molar-refractivity contribution in [3.8, 4) is 0 Å². The van der Waals surface area contributed by atoms with Gasteiger partial charge in [0.05, 0.1) is 0 Å². The Balaban J connectivity index is 0. The Morgan fingerprint density at radius 3 is 2.14 bits per heavy atom. The van der Waals surface area contributed by atoms with Gasteiger partial charge in [0.25, 0.3) is 0 Å². The Morgan fingerprint density at radius 2 is 1.86 bits per heavy atom. The number of aldehydes is 2. The molecule has 0 heterocycles. The van der Waals surface area contributed by atoms with Crippen LogP contribution >= 0.6 is 11.8 Å². The van der Waals surface area contributed by atoms with E-state index in [4.69, 9.17) is 0 Å². The van der Waals surface area contributed by atoms with Gasteiger partial charge in [-0.05, 0) is 12.7 Å². The topological polar surface area (TPSA) is 34.1 Å². The van der Waals surface area contributed by atoms with E-state index in [1.165, 1.54) is 0 Å². The molecule has 3 heteroatoms. The predicted molar refractivity (Wildman–Crippen MR) is 63.8 cm³/mol. The first kappa shape index (κ1) is 15.9. The molecule has 0 aliphatic heterocycles. The molecule has 0 fully saturated rings. The Kier molecular flexibility index (Phi) is 16.9. The lowest BCUT2D eigenvalue weighted by molar-refractivity contribution is -0.108. The summed E-state index contributed by atoms with van der Waals surface area (Å²) >= 11 is 1.72. The monoisotopic (exact) mass is 216 g/mol. The van der Waals surface area contributed by atoms with E-state index in [-0.39, 0.29) is 0 Å². The second-order valence-electron chi connectivity index (χ2n) is 2.73. The maximum atomic E-state index is 9.76. The first-order valence-electron chi connectivity index (χ1n) is 4.77. The molecular weight excluding hydrogens is 196 g/mol. The van der Waals surface area contributed by atoms with Crippen LogP contribution in [0.5, 0.6) is 0 Å². The molecule has 0 aromatic heterocycles. The third kappa shape index (κ3) is 17.5. The zero-order valence-electron chi connectivity index (χ0n) is 9.23. The lowest BCUT2D eigenvalue weighted by Gasteiger charge is -1.98. The number of carbonyl (C=O) groups is 2. The highest BCUT2D eigenvalue weighted by molar-refractivity contribution is 7.99. The molecule has 14 heavy (non-hydrogen) atoms. The van der Waals surface area contributed by atoms with E-state index in [0.29, 0.717) is 18.1 Å². The molecule has 0 saturated heterocycles. The molecule has 1 unspecified atom stereocenters. The second-order valence-corrected chi connectivity index (χ2v) is 4.01. The van der Waals surface area contributed by atoms with Gasteiger partial charge in [-0.1, -0.05) is 26.0 Å². The van der Waals surface area contributed by atoms with Gasteiger partial charge in [0, 0.05) is 18.1 Å². The molecule has 2 nitrogen and oxygen atoms in total. The summed E-state index contributed by atoms with van der Waals surface area (Å²) in [7, 11) is 0. The molecule has 0 aromatic carbocycles. The molecule has 0 N–H and O–H groups in total. The molecule has 0 saturated carbocycles. The quantitative estimate of drug-likeness (QED) is 0.506. The zero-order valence-corrected chi connectivity index (χ0v) is 10.0. The van der Waals surface area contributed by atoms with Gasteiger partial charge in [0.2, 0.25) is 0 Å². The van der Waals surface area contributed by atoms with E-state index in [2.05, 4.69) is 0 Å². The van der Waals surface area contributed by atoms with Gasteiger partial charge in [-0.15, -0.1) is 0 Å². The second kappa shape index (κ2) is 14.9. The van der Waals surface area contributed by atoms with Crippen molar-refractivity contribution in [1.29, 1.82) is 0 Å². The molecule has 0 amide bonds. The average Bonchev–Trinajstić information content (AvgIpc) is 2.20. The van der Waals surface area contributed by atoms with Gasteiger partial charge in [-0.2, -0.15) is 11.8 Å². The number of allylic oxidation sites excluding steroid dienone is 2. The number of hydrogen-bond acceptors (Lipinski definition) is 3. The van der Waals surface area contributed by atoms with Gasteiger partial charge in [0.15, 0.2) is 0 Å². The minimum absolute atomic E-state index is 0.498. The normalized spacial score (nSPS) is 11.6. The highest BCUT2D eigenvalue weighted by Crippen LogP contribution is 2.06. The fraction of sp³-hybridized carbons (Fsp3) is 0.636. The fourth-order valence-corrected chi connectivity index (χ4v) is 0.821. The van der Waals surface area contributed by atoms with E-state index in [9.17, 15) is 9.59 Å². The highest BCUT2D eigenvalue weighted by Gasteiger charge is 1.93. The summed E-state index contributed by atoms with van der Waals surface area (Å²) < 4.78 is 0. The molecule has 0 radical (unpaired) electrons. The molecule has 0 spiro atoms. The minimum Gasteiger partial charge on any atom is -0.303 e. The van der Waals surface area contributed by atoms with E-state index in [0.717, 1.165) is 19.0 Å². The van der Waals surface area contributed by atoms with Crippen molar-refractivity contribution in [3.63, 3.8) is 0 Å². The van der Waals surface area contributed by atoms with E-state index < -0.39 is 0 Å². The first-order chi connectivity index (χ1) is 6.72. The maximum absolute atomic E-state index is 9.76. The fourth-order valence-electron chi connectivity index (χ4n) is 0.550. The third-order valence-electron chi connectivity index (χ3n) is 1.47. The van der Waals surface area contributed by atoms with Crippen molar-refractivity contribution in [2.24, 2.45) is 0 Å². The Bertz CT molecular complexity index is 155. The van der Waals surface area contributed by atoms with Crippen molar-refractivity contribution in [3.05, 3.63) is 12.2 Å². The summed E-state index contributed by atoms with van der Waals surface area (Å²) in [5.41, 5.74) is 0. The molecule has 1 atom stereocenters. The molecule has 82 valence electrons. The number of hydrogen-bond donors (Lipinski definition) is 0. The average molecular weight is 216 g/mol. The Labute approximate surface area is 91.2 Å². The number of thioether (sulfide) groups is 1. The zero-order chi connectivity index (χ0) is 11.2. The van der Waals surface area contributed by atoms with Crippen LogP contribution in [0.4, 0.5) is 0 Å². The molecule has 0 aromatic rings. The van der Waals surface area contributed by atoms with Gasteiger partial charge in [-0.3, -0.25) is 0 Å². The van der Waals surface area contributed by atoms with Crippen molar-refractivity contribution >= 4 is 24.3 Å². The number of rotatable bonds is 6. The van der Waals surface area contributed by atoms with Crippen LogP contribution in [0.25, 0.3) is 0 Å². The standard InChI is InChI=1S/C6H10O.C5H10OS/c1-2-3-4-5-6-7;1-5(7-2)3-4-6/h3-4,6H,2,5H2,1H3;4-5H,3H2,1-2H3. The van der Waals surface area contributed by atoms with Crippen molar-refractivity contribution in [2.45, 2.75) is 38.4 Å². The smallest absolute Gasteiger partial charge is 0.123 e. The van der Waals surface area contributed by atoms with Crippen LogP contribution in [0.2, 0.25) is 0 Å². The van der Waals surface area contributed by atoms with Gasteiger partial charge in [-0.25, -0.2) is 0 Å². The summed E-state index contributed by atoms with van der Waals surface area (Å²) in [6.45, 7) is 4.08. The van der Waals surface area contributed by atoms with E-state index in [1.807, 2.05) is 32.3 Å². The molecule has 0 aliphatic carbocycles. The van der Waals surface area contributed by atoms with Crippen LogP contribution in [-0.4, -0.2) is 24.1 Å². The van der Waals surface area contributed by atoms with Crippen LogP contribution in [-0.2, 0) is 9.59 Å².